The molecule has 2 aromatic rings. The van der Waals surface area contributed by atoms with Gasteiger partial charge in [-0.2, -0.15) is 0 Å². The van der Waals surface area contributed by atoms with E-state index in [1.807, 2.05) is 11.9 Å². The third-order valence-electron chi connectivity index (χ3n) is 3.35. The van der Waals surface area contributed by atoms with Gasteiger partial charge in [0.15, 0.2) is 0 Å². The van der Waals surface area contributed by atoms with Crippen molar-refractivity contribution in [3.05, 3.63) is 50.3 Å². The summed E-state index contributed by atoms with van der Waals surface area (Å²) in [4.78, 5) is 27.5. The Morgan fingerprint density at radius 2 is 1.80 bits per heavy atom. The fraction of sp³-hybridized carbons (Fsp3) is 0.375. The van der Waals surface area contributed by atoms with Gasteiger partial charge in [0.25, 0.3) is 11.5 Å². The second kappa shape index (κ2) is 7.41. The SMILES string of the molecule is CCOc1ccc(OCC)c(NC(O)(O)c2c(C)[nH]c(=O)[nH]c2=O)c1. The zero-order valence-electron chi connectivity index (χ0n) is 14.2. The van der Waals surface area contributed by atoms with E-state index in [9.17, 15) is 19.8 Å². The number of ether oxygens (including phenoxy) is 2. The minimum atomic E-state index is -2.75. The summed E-state index contributed by atoms with van der Waals surface area (Å²) in [5.74, 6) is -1.92. The van der Waals surface area contributed by atoms with Crippen LogP contribution < -0.4 is 26.0 Å². The molecule has 1 aromatic carbocycles. The first-order valence-corrected chi connectivity index (χ1v) is 7.74. The maximum atomic E-state index is 12.0. The Morgan fingerprint density at radius 1 is 1.12 bits per heavy atom. The van der Waals surface area contributed by atoms with E-state index in [1.54, 1.807) is 19.1 Å². The molecule has 136 valence electrons. The van der Waals surface area contributed by atoms with Crippen LogP contribution in [-0.4, -0.2) is 33.4 Å². The van der Waals surface area contributed by atoms with Crippen LogP contribution in [-0.2, 0) is 5.91 Å². The zero-order valence-corrected chi connectivity index (χ0v) is 14.2. The molecule has 0 radical (unpaired) electrons. The largest absolute Gasteiger partial charge is 0.494 e. The Kier molecular flexibility index (Phi) is 5.50. The van der Waals surface area contributed by atoms with Gasteiger partial charge in [0.2, 0.25) is 0 Å². The number of anilines is 1. The predicted molar refractivity (Wildman–Crippen MR) is 90.9 cm³/mol. The quantitative estimate of drug-likeness (QED) is 0.455. The monoisotopic (exact) mass is 351 g/mol. The van der Waals surface area contributed by atoms with Crippen molar-refractivity contribution in [2.24, 2.45) is 0 Å². The highest BCUT2D eigenvalue weighted by Gasteiger charge is 2.33. The fourth-order valence-electron chi connectivity index (χ4n) is 2.41. The molecule has 9 nitrogen and oxygen atoms in total. The Labute approximate surface area is 143 Å². The van der Waals surface area contributed by atoms with Gasteiger partial charge < -0.3 is 30.0 Å². The van der Waals surface area contributed by atoms with E-state index in [0.29, 0.717) is 24.7 Å². The van der Waals surface area contributed by atoms with Crippen LogP contribution in [0.3, 0.4) is 0 Å². The Hall–Kier alpha value is -2.78. The van der Waals surface area contributed by atoms with Crippen LogP contribution in [0.15, 0.2) is 27.8 Å². The van der Waals surface area contributed by atoms with Gasteiger partial charge in [-0.05, 0) is 32.9 Å². The summed E-state index contributed by atoms with van der Waals surface area (Å²) < 4.78 is 10.8. The molecule has 0 unspecified atom stereocenters. The Bertz CT molecular complexity index is 856. The molecule has 9 heteroatoms. The number of aliphatic hydroxyl groups is 2. The normalized spacial score (nSPS) is 11.2. The van der Waals surface area contributed by atoms with Crippen molar-refractivity contribution in [2.75, 3.05) is 18.5 Å². The summed E-state index contributed by atoms with van der Waals surface area (Å²) >= 11 is 0. The van der Waals surface area contributed by atoms with E-state index in [-0.39, 0.29) is 11.4 Å². The fourth-order valence-corrected chi connectivity index (χ4v) is 2.41. The van der Waals surface area contributed by atoms with Crippen LogP contribution in [0.5, 0.6) is 11.5 Å². The van der Waals surface area contributed by atoms with Crippen LogP contribution >= 0.6 is 0 Å². The molecule has 25 heavy (non-hydrogen) atoms. The van der Waals surface area contributed by atoms with E-state index in [1.165, 1.54) is 13.0 Å². The van der Waals surface area contributed by atoms with E-state index in [0.717, 1.165) is 0 Å². The number of rotatable bonds is 7. The van der Waals surface area contributed by atoms with Gasteiger partial charge in [0.1, 0.15) is 17.1 Å². The third kappa shape index (κ3) is 4.20. The summed E-state index contributed by atoms with van der Waals surface area (Å²) in [6, 6.07) is 4.80. The molecule has 1 heterocycles. The van der Waals surface area contributed by atoms with Gasteiger partial charge in [-0.15, -0.1) is 0 Å². The van der Waals surface area contributed by atoms with E-state index in [2.05, 4.69) is 10.3 Å². The van der Waals surface area contributed by atoms with Crippen molar-refractivity contribution < 1.29 is 19.7 Å². The molecule has 0 aliphatic carbocycles. The average molecular weight is 351 g/mol. The number of hydrogen-bond acceptors (Lipinski definition) is 7. The van der Waals surface area contributed by atoms with E-state index >= 15 is 0 Å². The highest BCUT2D eigenvalue weighted by molar-refractivity contribution is 5.61. The number of hydrogen-bond donors (Lipinski definition) is 5. The molecule has 2 rings (SSSR count). The smallest absolute Gasteiger partial charge is 0.325 e. The first kappa shape index (κ1) is 18.6. The predicted octanol–water partition coefficient (Wildman–Crippen LogP) is 0.376. The number of H-pyrrole nitrogens is 2. The van der Waals surface area contributed by atoms with Crippen LogP contribution in [0.25, 0.3) is 0 Å². The lowest BCUT2D eigenvalue weighted by atomic mass is 10.1. The molecule has 0 spiro atoms. The number of benzene rings is 1. The zero-order chi connectivity index (χ0) is 18.6. The van der Waals surface area contributed by atoms with Crippen LogP contribution in [0.1, 0.15) is 25.1 Å². The highest BCUT2D eigenvalue weighted by atomic mass is 16.5. The molecule has 0 saturated heterocycles. The van der Waals surface area contributed by atoms with Crippen LogP contribution in [0.2, 0.25) is 0 Å². The summed E-state index contributed by atoms with van der Waals surface area (Å²) in [5, 5.41) is 23.3. The highest BCUT2D eigenvalue weighted by Crippen LogP contribution is 2.32. The molecule has 0 saturated carbocycles. The third-order valence-corrected chi connectivity index (χ3v) is 3.35. The summed E-state index contributed by atoms with van der Waals surface area (Å²) in [7, 11) is 0. The standard InChI is InChI=1S/C16H21N3O6/c1-4-24-10-6-7-12(25-5-2)11(8-10)19-16(22,23)13-9(3)17-15(21)18-14(13)20/h6-8,19,22-23H,4-5H2,1-3H3,(H2,17,18,20,21). The van der Waals surface area contributed by atoms with Crippen molar-refractivity contribution in [1.29, 1.82) is 0 Å². The summed E-state index contributed by atoms with van der Waals surface area (Å²) in [6.07, 6.45) is 0. The molecule has 0 aliphatic heterocycles. The molecule has 5 N–H and O–H groups in total. The number of nitrogens with one attached hydrogen (secondary N) is 3. The van der Waals surface area contributed by atoms with Gasteiger partial charge >= 0.3 is 5.69 Å². The Balaban J connectivity index is 2.47. The van der Waals surface area contributed by atoms with Gasteiger partial charge in [0, 0.05) is 11.8 Å². The molecule has 0 atom stereocenters. The number of aromatic amines is 2. The summed E-state index contributed by atoms with van der Waals surface area (Å²) in [5.41, 5.74) is -1.86. The van der Waals surface area contributed by atoms with Gasteiger partial charge in [-0.3, -0.25) is 9.78 Å². The van der Waals surface area contributed by atoms with Crippen LogP contribution in [0, 0.1) is 6.92 Å². The minimum Gasteiger partial charge on any atom is -0.494 e. The van der Waals surface area contributed by atoms with Crippen LogP contribution in [0.4, 0.5) is 5.69 Å². The van der Waals surface area contributed by atoms with Crippen molar-refractivity contribution in [2.45, 2.75) is 26.7 Å². The Morgan fingerprint density at radius 3 is 2.40 bits per heavy atom. The molecule has 1 aromatic heterocycles. The van der Waals surface area contributed by atoms with Crippen molar-refractivity contribution in [3.63, 3.8) is 0 Å². The minimum absolute atomic E-state index is 0.0187. The average Bonchev–Trinajstić information content (AvgIpc) is 2.48. The van der Waals surface area contributed by atoms with Crippen molar-refractivity contribution >= 4 is 5.69 Å². The van der Waals surface area contributed by atoms with Gasteiger partial charge in [-0.25, -0.2) is 4.79 Å². The molecule has 0 bridgehead atoms. The molecule has 0 amide bonds. The lowest BCUT2D eigenvalue weighted by Gasteiger charge is -2.26. The topological polar surface area (TPSA) is 137 Å². The van der Waals surface area contributed by atoms with Crippen molar-refractivity contribution in [1.82, 2.24) is 9.97 Å². The lowest BCUT2D eigenvalue weighted by molar-refractivity contribution is -0.145. The number of aryl methyl sites for hydroxylation is 1. The van der Waals surface area contributed by atoms with E-state index in [4.69, 9.17) is 9.47 Å². The first-order chi connectivity index (χ1) is 11.8. The van der Waals surface area contributed by atoms with E-state index < -0.39 is 22.7 Å². The lowest BCUT2D eigenvalue weighted by Crippen LogP contribution is -2.43. The maximum Gasteiger partial charge on any atom is 0.325 e. The summed E-state index contributed by atoms with van der Waals surface area (Å²) in [6.45, 7) is 5.76. The molecule has 0 aliphatic rings. The van der Waals surface area contributed by atoms with Crippen molar-refractivity contribution in [3.8, 4) is 11.5 Å². The molecular formula is C16H21N3O6. The first-order valence-electron chi connectivity index (χ1n) is 7.74. The van der Waals surface area contributed by atoms with Gasteiger partial charge in [0.05, 0.1) is 18.9 Å². The van der Waals surface area contributed by atoms with Gasteiger partial charge in [-0.1, -0.05) is 0 Å². The molecular weight excluding hydrogens is 330 g/mol. The second-order valence-electron chi connectivity index (χ2n) is 5.23. The molecule has 0 fully saturated rings. The maximum absolute atomic E-state index is 12.0. The second-order valence-corrected chi connectivity index (χ2v) is 5.23. The number of aromatic nitrogens is 2.